The minimum atomic E-state index is -0.692. The summed E-state index contributed by atoms with van der Waals surface area (Å²) in [5, 5.41) is 12.8. The van der Waals surface area contributed by atoms with Gasteiger partial charge in [0.15, 0.2) is 0 Å². The Bertz CT molecular complexity index is 725. The summed E-state index contributed by atoms with van der Waals surface area (Å²) in [5.74, 6) is 3.06. The van der Waals surface area contributed by atoms with Crippen LogP contribution in [0.25, 0.3) is 0 Å². The highest BCUT2D eigenvalue weighted by atomic mass is 16.5. The molecule has 0 spiro atoms. The van der Waals surface area contributed by atoms with E-state index in [-0.39, 0.29) is 19.1 Å². The van der Waals surface area contributed by atoms with Crippen molar-refractivity contribution in [3.8, 4) is 18.1 Å². The highest BCUT2D eigenvalue weighted by Gasteiger charge is 2.12. The van der Waals surface area contributed by atoms with E-state index in [2.05, 4.69) is 11.2 Å². The lowest BCUT2D eigenvalue weighted by Crippen LogP contribution is -2.37. The topological polar surface area (TPSA) is 61.8 Å². The maximum absolute atomic E-state index is 12.1. The summed E-state index contributed by atoms with van der Waals surface area (Å²) in [6.07, 6.45) is 4.65. The van der Waals surface area contributed by atoms with Crippen molar-refractivity contribution in [2.45, 2.75) is 6.10 Å². The third kappa shape index (κ3) is 6.68. The first kappa shape index (κ1) is 18.5. The van der Waals surface area contributed by atoms with Gasteiger partial charge in [0.05, 0.1) is 6.54 Å². The van der Waals surface area contributed by atoms with Crippen molar-refractivity contribution in [2.24, 2.45) is 0 Å². The molecule has 5 heteroatoms. The number of ether oxygens (including phenoxy) is 1. The molecule has 0 fully saturated rings. The first-order chi connectivity index (χ1) is 12.1. The van der Waals surface area contributed by atoms with Gasteiger partial charge < -0.3 is 15.2 Å². The third-order valence-corrected chi connectivity index (χ3v) is 3.43. The van der Waals surface area contributed by atoms with Crippen LogP contribution in [0.1, 0.15) is 5.56 Å². The van der Waals surface area contributed by atoms with Gasteiger partial charge in [0.1, 0.15) is 18.5 Å². The lowest BCUT2D eigenvalue weighted by atomic mass is 10.2. The molecule has 0 radical (unpaired) electrons. The fourth-order valence-corrected chi connectivity index (χ4v) is 2.32. The summed E-state index contributed by atoms with van der Waals surface area (Å²) in [4.78, 5) is 13.8. The minimum absolute atomic E-state index is 0.155. The van der Waals surface area contributed by atoms with Crippen LogP contribution >= 0.6 is 0 Å². The number of carbonyl (C=O) groups is 1. The molecule has 2 rings (SSSR count). The first-order valence-corrected chi connectivity index (χ1v) is 7.98. The van der Waals surface area contributed by atoms with E-state index in [1.54, 1.807) is 36.2 Å². The standard InChI is InChI=1S/C20H22N2O3/c1-3-16-8-7-9-17(12-16)21-20(24)14-22(2)13-18(23)15-25-19-10-5-4-6-11-19/h1,4-12,18,23H,13-15H2,2H3,(H,21,24). The monoisotopic (exact) mass is 338 g/mol. The van der Waals surface area contributed by atoms with Crippen LogP contribution in [0.4, 0.5) is 5.69 Å². The fraction of sp³-hybridized carbons (Fsp3) is 0.250. The van der Waals surface area contributed by atoms with Crippen LogP contribution in [0.2, 0.25) is 0 Å². The molecule has 1 atom stereocenters. The molecular formula is C20H22N2O3. The number of nitrogens with one attached hydrogen (secondary N) is 1. The molecule has 0 heterocycles. The average molecular weight is 338 g/mol. The predicted octanol–water partition coefficient (Wildman–Crippen LogP) is 1.98. The van der Waals surface area contributed by atoms with Crippen molar-refractivity contribution in [1.29, 1.82) is 0 Å². The summed E-state index contributed by atoms with van der Waals surface area (Å²) in [6.45, 7) is 0.646. The number of para-hydroxylation sites is 1. The average Bonchev–Trinajstić information content (AvgIpc) is 2.60. The number of hydrogen-bond acceptors (Lipinski definition) is 4. The van der Waals surface area contributed by atoms with Gasteiger partial charge in [-0.1, -0.05) is 30.2 Å². The summed E-state index contributed by atoms with van der Waals surface area (Å²) in [5.41, 5.74) is 1.36. The van der Waals surface area contributed by atoms with E-state index in [0.717, 1.165) is 0 Å². The van der Waals surface area contributed by atoms with Gasteiger partial charge in [0.2, 0.25) is 5.91 Å². The molecule has 0 aliphatic rings. The van der Waals surface area contributed by atoms with Crippen molar-refractivity contribution < 1.29 is 14.6 Å². The zero-order chi connectivity index (χ0) is 18.1. The van der Waals surface area contributed by atoms with E-state index in [1.165, 1.54) is 0 Å². The fourth-order valence-electron chi connectivity index (χ4n) is 2.32. The second-order valence-electron chi connectivity index (χ2n) is 5.75. The van der Waals surface area contributed by atoms with Crippen LogP contribution in [-0.4, -0.2) is 48.8 Å². The zero-order valence-electron chi connectivity index (χ0n) is 14.2. The Labute approximate surface area is 148 Å². The van der Waals surface area contributed by atoms with Crippen LogP contribution in [0.5, 0.6) is 5.75 Å². The molecule has 0 aliphatic carbocycles. The van der Waals surface area contributed by atoms with Gasteiger partial charge in [-0.2, -0.15) is 0 Å². The molecule has 0 bridgehead atoms. The highest BCUT2D eigenvalue weighted by Crippen LogP contribution is 2.10. The minimum Gasteiger partial charge on any atom is -0.491 e. The number of anilines is 1. The Kier molecular flexibility index (Phi) is 7.02. The summed E-state index contributed by atoms with van der Waals surface area (Å²) in [7, 11) is 1.77. The molecule has 2 aromatic carbocycles. The zero-order valence-corrected chi connectivity index (χ0v) is 14.2. The van der Waals surface area contributed by atoms with E-state index in [9.17, 15) is 9.90 Å². The van der Waals surface area contributed by atoms with E-state index in [1.807, 2.05) is 30.3 Å². The number of carbonyl (C=O) groups excluding carboxylic acids is 1. The molecule has 25 heavy (non-hydrogen) atoms. The van der Waals surface area contributed by atoms with Crippen LogP contribution < -0.4 is 10.1 Å². The van der Waals surface area contributed by atoms with Crippen LogP contribution in [0.15, 0.2) is 54.6 Å². The molecule has 1 unspecified atom stereocenters. The van der Waals surface area contributed by atoms with E-state index >= 15 is 0 Å². The largest absolute Gasteiger partial charge is 0.491 e. The van der Waals surface area contributed by atoms with Gasteiger partial charge in [-0.05, 0) is 37.4 Å². The Morgan fingerprint density at radius 1 is 1.28 bits per heavy atom. The Morgan fingerprint density at radius 3 is 2.76 bits per heavy atom. The third-order valence-electron chi connectivity index (χ3n) is 3.43. The number of amides is 1. The Balaban J connectivity index is 1.74. The number of aliphatic hydroxyl groups excluding tert-OH is 1. The second kappa shape index (κ2) is 9.48. The Morgan fingerprint density at radius 2 is 2.04 bits per heavy atom. The Hall–Kier alpha value is -2.81. The van der Waals surface area contributed by atoms with Crippen molar-refractivity contribution in [1.82, 2.24) is 4.90 Å². The molecule has 1 amide bonds. The lowest BCUT2D eigenvalue weighted by molar-refractivity contribution is -0.117. The number of aliphatic hydroxyl groups is 1. The summed E-state index contributed by atoms with van der Waals surface area (Å²) >= 11 is 0. The SMILES string of the molecule is C#Cc1cccc(NC(=O)CN(C)CC(O)COc2ccccc2)c1. The van der Waals surface area contributed by atoms with Crippen LogP contribution in [0, 0.1) is 12.3 Å². The molecule has 0 saturated heterocycles. The number of terminal acetylenes is 1. The second-order valence-corrected chi connectivity index (χ2v) is 5.75. The molecular weight excluding hydrogens is 316 g/mol. The number of benzene rings is 2. The summed E-state index contributed by atoms with van der Waals surface area (Å²) in [6, 6.07) is 16.4. The van der Waals surface area contributed by atoms with Gasteiger partial charge in [0, 0.05) is 17.8 Å². The number of rotatable bonds is 8. The van der Waals surface area contributed by atoms with E-state index in [0.29, 0.717) is 23.5 Å². The van der Waals surface area contributed by atoms with Crippen molar-refractivity contribution >= 4 is 11.6 Å². The quantitative estimate of drug-likeness (QED) is 0.723. The molecule has 2 aromatic rings. The van der Waals surface area contributed by atoms with Gasteiger partial charge in [-0.3, -0.25) is 9.69 Å². The molecule has 2 N–H and O–H groups in total. The maximum Gasteiger partial charge on any atom is 0.238 e. The van der Waals surface area contributed by atoms with Gasteiger partial charge in [-0.25, -0.2) is 0 Å². The smallest absolute Gasteiger partial charge is 0.238 e. The van der Waals surface area contributed by atoms with Crippen LogP contribution in [-0.2, 0) is 4.79 Å². The molecule has 0 aliphatic heterocycles. The van der Waals surface area contributed by atoms with Crippen LogP contribution in [0.3, 0.4) is 0 Å². The van der Waals surface area contributed by atoms with E-state index in [4.69, 9.17) is 11.2 Å². The van der Waals surface area contributed by atoms with Gasteiger partial charge in [0.25, 0.3) is 0 Å². The number of hydrogen-bond donors (Lipinski definition) is 2. The van der Waals surface area contributed by atoms with E-state index < -0.39 is 6.10 Å². The summed E-state index contributed by atoms with van der Waals surface area (Å²) < 4.78 is 5.50. The first-order valence-electron chi connectivity index (χ1n) is 7.98. The molecule has 130 valence electrons. The number of nitrogens with zero attached hydrogens (tertiary/aromatic N) is 1. The molecule has 0 aromatic heterocycles. The maximum atomic E-state index is 12.1. The highest BCUT2D eigenvalue weighted by molar-refractivity contribution is 5.92. The van der Waals surface area contributed by atoms with Crippen molar-refractivity contribution in [3.05, 3.63) is 60.2 Å². The van der Waals surface area contributed by atoms with Gasteiger partial charge >= 0.3 is 0 Å². The number of likely N-dealkylation sites (N-methyl/N-ethyl adjacent to an activating group) is 1. The van der Waals surface area contributed by atoms with Crippen molar-refractivity contribution in [3.63, 3.8) is 0 Å². The molecule has 0 saturated carbocycles. The predicted molar refractivity (Wildman–Crippen MR) is 98.4 cm³/mol. The normalized spacial score (nSPS) is 11.6. The van der Waals surface area contributed by atoms with Crippen molar-refractivity contribution in [2.75, 3.05) is 32.1 Å². The lowest BCUT2D eigenvalue weighted by Gasteiger charge is -2.20. The molecule has 5 nitrogen and oxygen atoms in total. The van der Waals surface area contributed by atoms with Gasteiger partial charge in [-0.15, -0.1) is 6.42 Å².